The first-order valence-corrected chi connectivity index (χ1v) is 7.73. The predicted octanol–water partition coefficient (Wildman–Crippen LogP) is 4.28. The Bertz CT molecular complexity index is 503. The normalized spacial score (nSPS) is 16.5. The Hall–Kier alpha value is -1.53. The van der Waals surface area contributed by atoms with Crippen molar-refractivity contribution in [2.24, 2.45) is 5.41 Å². The molecule has 2 nitrogen and oxygen atoms in total. The molecule has 7 heteroatoms. The first-order valence-electron chi connectivity index (χ1n) is 7.73. The summed E-state index contributed by atoms with van der Waals surface area (Å²) in [6, 6.07) is 11.3. The van der Waals surface area contributed by atoms with Gasteiger partial charge >= 0.3 is 7.25 Å². The van der Waals surface area contributed by atoms with Gasteiger partial charge in [-0.1, -0.05) is 51.1 Å². The van der Waals surface area contributed by atoms with E-state index in [1.165, 1.54) is 5.56 Å². The Morgan fingerprint density at radius 3 is 2.13 bits per heavy atom. The van der Waals surface area contributed by atoms with Crippen molar-refractivity contribution in [2.45, 2.75) is 40.3 Å². The highest BCUT2D eigenvalue weighted by Gasteiger charge is 2.32. The number of benzene rings is 1. The van der Waals surface area contributed by atoms with Crippen LogP contribution in [0.15, 0.2) is 30.3 Å². The molecule has 0 fully saturated rings. The van der Waals surface area contributed by atoms with E-state index in [-0.39, 0.29) is 0 Å². The molecule has 0 N–H and O–H groups in total. The van der Waals surface area contributed by atoms with Gasteiger partial charge in [0.15, 0.2) is 0 Å². The Morgan fingerprint density at radius 2 is 1.65 bits per heavy atom. The van der Waals surface area contributed by atoms with Crippen LogP contribution < -0.4 is 0 Å². The number of nitrogens with zero attached hydrogens (tertiary/aromatic N) is 2. The summed E-state index contributed by atoms with van der Waals surface area (Å²) < 4.78 is 41.4. The third kappa shape index (κ3) is 8.04. The second-order valence-corrected chi connectivity index (χ2v) is 6.85. The van der Waals surface area contributed by atoms with Crippen LogP contribution in [0.3, 0.4) is 0 Å². The van der Waals surface area contributed by atoms with E-state index in [4.69, 9.17) is 0 Å². The van der Waals surface area contributed by atoms with E-state index < -0.39 is 7.25 Å². The summed E-state index contributed by atoms with van der Waals surface area (Å²) >= 11 is 0. The Balaban J connectivity index is 0.000000463. The lowest BCUT2D eigenvalue weighted by Crippen LogP contribution is -2.40. The minimum absolute atomic E-state index is 0.333. The highest BCUT2D eigenvalue weighted by Crippen LogP contribution is 2.24. The molecule has 0 radical (unpaired) electrons. The standard InChI is InChI=1S/C16H25N2.BF4/c1-14(16(2,3)4)18-11-10-17(13-18)12-15-8-6-5-7-9-15;2-1(3,4)5/h5-9,13-14H,10-12H2,1-4H3;/q+1;-1/t14-;/m1./s1. The summed E-state index contributed by atoms with van der Waals surface area (Å²) in [6.45, 7) is 12.6. The number of hydrogen-bond acceptors (Lipinski definition) is 1. The minimum Gasteiger partial charge on any atom is -0.418 e. The molecule has 1 heterocycles. The van der Waals surface area contributed by atoms with Gasteiger partial charge in [0.2, 0.25) is 6.34 Å². The molecule has 130 valence electrons. The van der Waals surface area contributed by atoms with Gasteiger partial charge in [0.25, 0.3) is 0 Å². The molecule has 0 amide bonds. The van der Waals surface area contributed by atoms with Crippen LogP contribution in [0.5, 0.6) is 0 Å². The van der Waals surface area contributed by atoms with Gasteiger partial charge in [-0.2, -0.15) is 0 Å². The zero-order valence-corrected chi connectivity index (χ0v) is 14.1. The molecule has 23 heavy (non-hydrogen) atoms. The summed E-state index contributed by atoms with van der Waals surface area (Å²) in [5.41, 5.74) is 1.72. The molecule has 0 aromatic heterocycles. The molecule has 1 aliphatic heterocycles. The van der Waals surface area contributed by atoms with Crippen molar-refractivity contribution in [3.05, 3.63) is 35.9 Å². The molecule has 1 atom stereocenters. The van der Waals surface area contributed by atoms with Crippen LogP contribution in [0.25, 0.3) is 0 Å². The Kier molecular flexibility index (Phi) is 6.65. The summed E-state index contributed by atoms with van der Waals surface area (Å²) in [6.07, 6.45) is 2.31. The molecular formula is C16H25BF4N2. The van der Waals surface area contributed by atoms with E-state index >= 15 is 0 Å². The molecule has 0 spiro atoms. The van der Waals surface area contributed by atoms with Gasteiger partial charge in [0.1, 0.15) is 19.6 Å². The van der Waals surface area contributed by atoms with Crippen LogP contribution in [0.4, 0.5) is 17.3 Å². The lowest BCUT2D eigenvalue weighted by atomic mass is 9.87. The van der Waals surface area contributed by atoms with Crippen LogP contribution in [-0.2, 0) is 6.54 Å². The average Bonchev–Trinajstić information content (AvgIpc) is 2.84. The topological polar surface area (TPSA) is 6.25 Å². The van der Waals surface area contributed by atoms with E-state index in [1.807, 2.05) is 0 Å². The molecule has 0 bridgehead atoms. The highest BCUT2D eigenvalue weighted by molar-refractivity contribution is 6.50. The van der Waals surface area contributed by atoms with Crippen molar-refractivity contribution in [3.8, 4) is 0 Å². The summed E-state index contributed by atoms with van der Waals surface area (Å²) in [5.74, 6) is 0. The summed E-state index contributed by atoms with van der Waals surface area (Å²) in [5, 5.41) is 0. The largest absolute Gasteiger partial charge is 0.673 e. The fraction of sp³-hybridized carbons (Fsp3) is 0.562. The van der Waals surface area contributed by atoms with E-state index in [0.29, 0.717) is 11.5 Å². The minimum atomic E-state index is -6.00. The molecule has 0 saturated heterocycles. The monoisotopic (exact) mass is 332 g/mol. The fourth-order valence-corrected chi connectivity index (χ4v) is 2.30. The number of halogens is 4. The van der Waals surface area contributed by atoms with Crippen LogP contribution in [0, 0.1) is 5.41 Å². The zero-order chi connectivity index (χ0) is 17.7. The van der Waals surface area contributed by atoms with Gasteiger partial charge in [-0.25, -0.2) is 0 Å². The number of hydrogen-bond donors (Lipinski definition) is 0. The van der Waals surface area contributed by atoms with E-state index in [1.54, 1.807) is 0 Å². The summed E-state index contributed by atoms with van der Waals surface area (Å²) in [4.78, 5) is 2.48. The van der Waals surface area contributed by atoms with Crippen molar-refractivity contribution >= 4 is 13.6 Å². The maximum absolute atomic E-state index is 9.75. The number of rotatable bonds is 3. The molecule has 1 aromatic rings. The molecule has 2 rings (SSSR count). The van der Waals surface area contributed by atoms with Crippen LogP contribution >= 0.6 is 0 Å². The second-order valence-electron chi connectivity index (χ2n) is 6.85. The van der Waals surface area contributed by atoms with Crippen molar-refractivity contribution in [2.75, 3.05) is 13.1 Å². The third-order valence-corrected chi connectivity index (χ3v) is 3.94. The Morgan fingerprint density at radius 1 is 1.13 bits per heavy atom. The lowest BCUT2D eigenvalue weighted by Gasteiger charge is -2.29. The van der Waals surface area contributed by atoms with Crippen LogP contribution in [0.1, 0.15) is 33.3 Å². The molecule has 0 aliphatic carbocycles. The molecule has 1 aromatic carbocycles. The van der Waals surface area contributed by atoms with Gasteiger partial charge in [-0.3, -0.25) is 9.48 Å². The molecular weight excluding hydrogens is 307 g/mol. The zero-order valence-electron chi connectivity index (χ0n) is 14.1. The first kappa shape index (κ1) is 19.5. The predicted molar refractivity (Wildman–Crippen MR) is 87.1 cm³/mol. The van der Waals surface area contributed by atoms with Crippen molar-refractivity contribution < 1.29 is 21.8 Å². The first-order chi connectivity index (χ1) is 10.5. The second kappa shape index (κ2) is 7.84. The third-order valence-electron chi connectivity index (χ3n) is 3.94. The SMILES string of the molecule is C[C@@H](N1C=[N+](Cc2ccccc2)CC1)C(C)(C)C.F[B-](F)(F)F. The average molecular weight is 332 g/mol. The van der Waals surface area contributed by atoms with Gasteiger partial charge in [-0.15, -0.1) is 0 Å². The summed E-state index contributed by atoms with van der Waals surface area (Å²) in [7, 11) is -6.00. The van der Waals surface area contributed by atoms with Crippen molar-refractivity contribution in [1.82, 2.24) is 4.90 Å². The van der Waals surface area contributed by atoms with Crippen molar-refractivity contribution in [3.63, 3.8) is 0 Å². The fourth-order valence-electron chi connectivity index (χ4n) is 2.30. The van der Waals surface area contributed by atoms with Gasteiger partial charge < -0.3 is 17.3 Å². The van der Waals surface area contributed by atoms with Crippen molar-refractivity contribution in [1.29, 1.82) is 0 Å². The van der Waals surface area contributed by atoms with Crippen LogP contribution in [-0.4, -0.2) is 42.2 Å². The quantitative estimate of drug-likeness (QED) is 0.455. The van der Waals surface area contributed by atoms with Crippen LogP contribution in [0.2, 0.25) is 0 Å². The van der Waals surface area contributed by atoms with E-state index in [0.717, 1.165) is 19.6 Å². The molecule has 0 saturated carbocycles. The Labute approximate surface area is 135 Å². The highest BCUT2D eigenvalue weighted by atomic mass is 19.5. The van der Waals surface area contributed by atoms with Gasteiger partial charge in [0.05, 0.1) is 6.04 Å². The maximum atomic E-state index is 9.75. The van der Waals surface area contributed by atoms with Gasteiger partial charge in [-0.05, 0) is 12.5 Å². The molecule has 1 aliphatic rings. The maximum Gasteiger partial charge on any atom is 0.673 e. The van der Waals surface area contributed by atoms with E-state index in [9.17, 15) is 17.3 Å². The smallest absolute Gasteiger partial charge is 0.418 e. The molecule has 0 unspecified atom stereocenters. The van der Waals surface area contributed by atoms with Gasteiger partial charge in [0, 0.05) is 5.41 Å². The lowest BCUT2D eigenvalue weighted by molar-refractivity contribution is -0.530. The van der Waals surface area contributed by atoms with E-state index in [2.05, 4.69) is 73.8 Å².